The number of anilines is 1. The zero-order valence-electron chi connectivity index (χ0n) is 15.9. The van der Waals surface area contributed by atoms with Gasteiger partial charge in [0.2, 0.25) is 0 Å². The third-order valence-electron chi connectivity index (χ3n) is 4.04. The Labute approximate surface area is 171 Å². The van der Waals surface area contributed by atoms with Crippen LogP contribution in [0.25, 0.3) is 10.6 Å². The van der Waals surface area contributed by atoms with Crippen molar-refractivity contribution < 1.29 is 19.1 Å². The monoisotopic (exact) mass is 409 g/mol. The molecule has 29 heavy (non-hydrogen) atoms. The molecule has 0 atom stereocenters. The summed E-state index contributed by atoms with van der Waals surface area (Å²) in [4.78, 5) is 39.9. The van der Waals surface area contributed by atoms with Gasteiger partial charge in [0.15, 0.2) is 0 Å². The fourth-order valence-electron chi connectivity index (χ4n) is 2.49. The maximum absolute atomic E-state index is 12.4. The Balaban J connectivity index is 1.60. The lowest BCUT2D eigenvalue weighted by Gasteiger charge is -2.08. The number of carbonyl (C=O) groups is 3. The van der Waals surface area contributed by atoms with Gasteiger partial charge in [0.25, 0.3) is 11.8 Å². The normalized spacial score (nSPS) is 10.3. The van der Waals surface area contributed by atoms with Gasteiger partial charge in [-0.25, -0.2) is 4.98 Å². The van der Waals surface area contributed by atoms with Crippen molar-refractivity contribution in [3.63, 3.8) is 0 Å². The number of nitrogens with zero attached hydrogens (tertiary/aromatic N) is 1. The second-order valence-electron chi connectivity index (χ2n) is 6.16. The standard InChI is InChI=1S/C21H19N3O4S/c1-13-12-29-21(23-13)16-5-3-15(4-6-16)20(27)24-17-9-7-14(8-10-17)19(26)22-11-18(25)28-2/h3-10,12H,11H2,1-2H3,(H,22,26)(H,24,27). The molecule has 0 fully saturated rings. The van der Waals surface area contributed by atoms with Crippen molar-refractivity contribution in [2.24, 2.45) is 0 Å². The van der Waals surface area contributed by atoms with E-state index in [9.17, 15) is 14.4 Å². The molecule has 0 unspecified atom stereocenters. The average Bonchev–Trinajstić information content (AvgIpc) is 3.18. The molecule has 0 saturated heterocycles. The van der Waals surface area contributed by atoms with E-state index in [-0.39, 0.29) is 12.5 Å². The number of thiazole rings is 1. The lowest BCUT2D eigenvalue weighted by molar-refractivity contribution is -0.139. The van der Waals surface area contributed by atoms with E-state index in [2.05, 4.69) is 20.4 Å². The Hall–Kier alpha value is -3.52. The minimum atomic E-state index is -0.529. The van der Waals surface area contributed by atoms with Gasteiger partial charge in [-0.15, -0.1) is 11.3 Å². The molecular formula is C21H19N3O4S. The number of nitrogens with one attached hydrogen (secondary N) is 2. The van der Waals surface area contributed by atoms with E-state index in [1.54, 1.807) is 47.7 Å². The number of benzene rings is 2. The van der Waals surface area contributed by atoms with E-state index in [1.807, 2.05) is 24.4 Å². The van der Waals surface area contributed by atoms with Crippen molar-refractivity contribution in [1.29, 1.82) is 0 Å². The number of hydrogen-bond donors (Lipinski definition) is 2. The van der Waals surface area contributed by atoms with E-state index in [0.29, 0.717) is 16.8 Å². The number of amides is 2. The summed E-state index contributed by atoms with van der Waals surface area (Å²) < 4.78 is 4.47. The number of esters is 1. The highest BCUT2D eigenvalue weighted by Gasteiger charge is 2.10. The van der Waals surface area contributed by atoms with E-state index in [4.69, 9.17) is 0 Å². The van der Waals surface area contributed by atoms with Crippen LogP contribution in [-0.2, 0) is 9.53 Å². The second-order valence-corrected chi connectivity index (χ2v) is 7.02. The topological polar surface area (TPSA) is 97.4 Å². The van der Waals surface area contributed by atoms with Crippen LogP contribution in [0.3, 0.4) is 0 Å². The molecule has 0 aliphatic carbocycles. The van der Waals surface area contributed by atoms with Crippen LogP contribution in [-0.4, -0.2) is 36.4 Å². The molecule has 0 bridgehead atoms. The highest BCUT2D eigenvalue weighted by atomic mass is 32.1. The number of aryl methyl sites for hydroxylation is 1. The highest BCUT2D eigenvalue weighted by Crippen LogP contribution is 2.24. The van der Waals surface area contributed by atoms with Gasteiger partial charge in [0.05, 0.1) is 7.11 Å². The maximum Gasteiger partial charge on any atom is 0.325 e. The first-order valence-electron chi connectivity index (χ1n) is 8.75. The van der Waals surface area contributed by atoms with Gasteiger partial charge in [0.1, 0.15) is 11.6 Å². The molecule has 0 spiro atoms. The molecule has 0 radical (unpaired) electrons. The third kappa shape index (κ3) is 5.26. The molecule has 0 aliphatic heterocycles. The summed E-state index contributed by atoms with van der Waals surface area (Å²) in [5.41, 5.74) is 3.37. The van der Waals surface area contributed by atoms with Crippen molar-refractivity contribution in [1.82, 2.24) is 10.3 Å². The molecule has 0 aliphatic rings. The summed E-state index contributed by atoms with van der Waals surface area (Å²) in [7, 11) is 1.25. The minimum absolute atomic E-state index is 0.204. The first-order valence-corrected chi connectivity index (χ1v) is 9.63. The molecule has 148 valence electrons. The van der Waals surface area contributed by atoms with Crippen LogP contribution in [0.5, 0.6) is 0 Å². The van der Waals surface area contributed by atoms with Gasteiger partial charge in [-0.2, -0.15) is 0 Å². The first kappa shape index (κ1) is 20.2. The van der Waals surface area contributed by atoms with E-state index in [0.717, 1.165) is 16.3 Å². The van der Waals surface area contributed by atoms with E-state index >= 15 is 0 Å². The van der Waals surface area contributed by atoms with Crippen LogP contribution in [0, 0.1) is 6.92 Å². The number of rotatable bonds is 6. The molecule has 3 aromatic rings. The fourth-order valence-corrected chi connectivity index (χ4v) is 3.29. The van der Waals surface area contributed by atoms with Crippen molar-refractivity contribution in [2.75, 3.05) is 19.0 Å². The predicted molar refractivity (Wildman–Crippen MR) is 111 cm³/mol. The van der Waals surface area contributed by atoms with Gasteiger partial charge in [-0.1, -0.05) is 12.1 Å². The van der Waals surface area contributed by atoms with Crippen molar-refractivity contribution in [2.45, 2.75) is 6.92 Å². The van der Waals surface area contributed by atoms with Crippen molar-refractivity contribution >= 4 is 34.8 Å². The molecule has 3 rings (SSSR count). The summed E-state index contributed by atoms with van der Waals surface area (Å²) in [6.45, 7) is 1.74. The molecule has 1 aromatic heterocycles. The summed E-state index contributed by atoms with van der Waals surface area (Å²) in [5.74, 6) is -1.19. The van der Waals surface area contributed by atoms with Gasteiger partial charge in [-0.3, -0.25) is 14.4 Å². The van der Waals surface area contributed by atoms with Gasteiger partial charge in [0, 0.05) is 33.5 Å². The quantitative estimate of drug-likeness (QED) is 0.609. The van der Waals surface area contributed by atoms with Crippen LogP contribution >= 0.6 is 11.3 Å². The lowest BCUT2D eigenvalue weighted by Crippen LogP contribution is -2.30. The molecule has 0 saturated carbocycles. The minimum Gasteiger partial charge on any atom is -0.468 e. The second kappa shape index (κ2) is 9.11. The third-order valence-corrected chi connectivity index (χ3v) is 5.05. The summed E-state index contributed by atoms with van der Waals surface area (Å²) in [6, 6.07) is 13.6. The number of methoxy groups -OCH3 is 1. The SMILES string of the molecule is COC(=O)CNC(=O)c1ccc(NC(=O)c2ccc(-c3nc(C)cs3)cc2)cc1. The lowest BCUT2D eigenvalue weighted by atomic mass is 10.1. The van der Waals surface area contributed by atoms with Crippen LogP contribution in [0.2, 0.25) is 0 Å². The zero-order valence-corrected chi connectivity index (χ0v) is 16.7. The van der Waals surface area contributed by atoms with Crippen LogP contribution in [0.15, 0.2) is 53.9 Å². The Morgan fingerprint density at radius 3 is 2.17 bits per heavy atom. The first-order chi connectivity index (χ1) is 14.0. The number of aromatic nitrogens is 1. The molecular weight excluding hydrogens is 390 g/mol. The smallest absolute Gasteiger partial charge is 0.325 e. The molecule has 7 nitrogen and oxygen atoms in total. The number of ether oxygens (including phenoxy) is 1. The van der Waals surface area contributed by atoms with Crippen molar-refractivity contribution in [3.8, 4) is 10.6 Å². The van der Waals surface area contributed by atoms with E-state index in [1.165, 1.54) is 7.11 Å². The van der Waals surface area contributed by atoms with Gasteiger partial charge < -0.3 is 15.4 Å². The fraction of sp³-hybridized carbons (Fsp3) is 0.143. The number of hydrogen-bond acceptors (Lipinski definition) is 6. The largest absolute Gasteiger partial charge is 0.468 e. The molecule has 8 heteroatoms. The van der Waals surface area contributed by atoms with Crippen LogP contribution < -0.4 is 10.6 Å². The van der Waals surface area contributed by atoms with Gasteiger partial charge in [-0.05, 0) is 43.3 Å². The highest BCUT2D eigenvalue weighted by molar-refractivity contribution is 7.13. The molecule has 2 N–H and O–H groups in total. The Bertz CT molecular complexity index is 1030. The van der Waals surface area contributed by atoms with Crippen LogP contribution in [0.1, 0.15) is 26.4 Å². The van der Waals surface area contributed by atoms with Crippen LogP contribution in [0.4, 0.5) is 5.69 Å². The Morgan fingerprint density at radius 1 is 0.966 bits per heavy atom. The predicted octanol–water partition coefficient (Wildman–Crippen LogP) is 3.27. The Morgan fingerprint density at radius 2 is 1.59 bits per heavy atom. The summed E-state index contributed by atoms with van der Waals surface area (Å²) in [5, 5.41) is 8.13. The van der Waals surface area contributed by atoms with Crippen molar-refractivity contribution in [3.05, 3.63) is 70.7 Å². The van der Waals surface area contributed by atoms with E-state index < -0.39 is 11.9 Å². The zero-order chi connectivity index (χ0) is 20.8. The molecule has 2 aromatic carbocycles. The Kier molecular flexibility index (Phi) is 6.36. The summed E-state index contributed by atoms with van der Waals surface area (Å²) in [6.07, 6.45) is 0. The molecule has 1 heterocycles. The summed E-state index contributed by atoms with van der Waals surface area (Å²) >= 11 is 1.56. The molecule has 2 amide bonds. The van der Waals surface area contributed by atoms with Gasteiger partial charge >= 0.3 is 5.97 Å². The average molecular weight is 409 g/mol. The maximum atomic E-state index is 12.4. The number of carbonyl (C=O) groups excluding carboxylic acids is 3.